The Morgan fingerprint density at radius 1 is 1.56 bits per heavy atom. The van der Waals surface area contributed by atoms with Crippen molar-refractivity contribution in [2.24, 2.45) is 0 Å². The van der Waals surface area contributed by atoms with Gasteiger partial charge in [-0.05, 0) is 34.1 Å². The molecule has 0 atom stereocenters. The van der Waals surface area contributed by atoms with Crippen molar-refractivity contribution in [1.29, 1.82) is 0 Å². The Labute approximate surface area is 103 Å². The van der Waals surface area contributed by atoms with Crippen LogP contribution in [0.1, 0.15) is 12.5 Å². The van der Waals surface area contributed by atoms with Gasteiger partial charge in [0.15, 0.2) is 0 Å². The fourth-order valence-electron chi connectivity index (χ4n) is 1.05. The number of methoxy groups -OCH3 is 1. The molecule has 0 aromatic heterocycles. The molecule has 0 spiro atoms. The predicted molar refractivity (Wildman–Crippen MR) is 66.3 cm³/mol. The molecule has 1 amide bonds. The zero-order valence-corrected chi connectivity index (χ0v) is 10.7. The van der Waals surface area contributed by atoms with Crippen LogP contribution in [-0.2, 0) is 4.79 Å². The van der Waals surface area contributed by atoms with Gasteiger partial charge in [-0.15, -0.1) is 0 Å². The Hall–Kier alpha value is -1.47. The molecule has 0 saturated heterocycles. The second-order valence-corrected chi connectivity index (χ2v) is 3.92. The lowest BCUT2D eigenvalue weighted by atomic mass is 10.2. The fourth-order valence-corrected chi connectivity index (χ4v) is 1.46. The molecule has 1 N–H and O–H groups in total. The molecule has 0 radical (unpaired) electrons. The minimum absolute atomic E-state index is 0.0808. The number of ether oxygens (including phenoxy) is 1. The molecular formula is C12H12BrNO2. The summed E-state index contributed by atoms with van der Waals surface area (Å²) >= 11 is 3.36. The lowest BCUT2D eigenvalue weighted by Crippen LogP contribution is -2.19. The van der Waals surface area contributed by atoms with Gasteiger partial charge in [0.25, 0.3) is 0 Å². The summed E-state index contributed by atoms with van der Waals surface area (Å²) in [7, 11) is 1.61. The van der Waals surface area contributed by atoms with Gasteiger partial charge in [-0.1, -0.05) is 11.8 Å². The zero-order valence-electron chi connectivity index (χ0n) is 9.13. The van der Waals surface area contributed by atoms with E-state index in [4.69, 9.17) is 4.74 Å². The van der Waals surface area contributed by atoms with E-state index in [1.165, 1.54) is 6.92 Å². The second-order valence-electron chi connectivity index (χ2n) is 3.06. The zero-order chi connectivity index (χ0) is 12.0. The largest absolute Gasteiger partial charge is 0.496 e. The summed E-state index contributed by atoms with van der Waals surface area (Å²) in [6.45, 7) is 1.82. The third-order valence-corrected chi connectivity index (χ3v) is 2.46. The molecule has 0 heterocycles. The summed E-state index contributed by atoms with van der Waals surface area (Å²) in [5, 5.41) is 2.60. The summed E-state index contributed by atoms with van der Waals surface area (Å²) < 4.78 is 6.04. The van der Waals surface area contributed by atoms with Gasteiger partial charge in [-0.25, -0.2) is 0 Å². The standard InChI is InChI=1S/C12H12BrNO2/c1-9(15)14-7-3-4-10-5-6-11(13)12(8-10)16-2/h5-6,8H,7H2,1-2H3,(H,14,15). The third kappa shape index (κ3) is 3.95. The number of hydrogen-bond donors (Lipinski definition) is 1. The minimum Gasteiger partial charge on any atom is -0.496 e. The van der Waals surface area contributed by atoms with Gasteiger partial charge < -0.3 is 10.1 Å². The third-order valence-electron chi connectivity index (χ3n) is 1.81. The fraction of sp³-hybridized carbons (Fsp3) is 0.250. The summed E-state index contributed by atoms with van der Waals surface area (Å²) in [5.74, 6) is 6.45. The van der Waals surface area contributed by atoms with E-state index in [1.807, 2.05) is 18.2 Å². The van der Waals surface area contributed by atoms with E-state index in [2.05, 4.69) is 33.1 Å². The number of amides is 1. The lowest BCUT2D eigenvalue weighted by molar-refractivity contribution is -0.118. The van der Waals surface area contributed by atoms with E-state index in [0.29, 0.717) is 6.54 Å². The van der Waals surface area contributed by atoms with Crippen molar-refractivity contribution < 1.29 is 9.53 Å². The van der Waals surface area contributed by atoms with Crippen molar-refractivity contribution in [2.75, 3.05) is 13.7 Å². The maximum Gasteiger partial charge on any atom is 0.217 e. The maximum absolute atomic E-state index is 10.6. The molecule has 1 aromatic rings. The Morgan fingerprint density at radius 2 is 2.31 bits per heavy atom. The molecule has 0 aliphatic carbocycles. The molecule has 0 aliphatic heterocycles. The Kier molecular flexibility index (Phi) is 4.87. The van der Waals surface area contributed by atoms with Crippen molar-refractivity contribution in [3.63, 3.8) is 0 Å². The van der Waals surface area contributed by atoms with Gasteiger partial charge in [0.2, 0.25) is 5.91 Å². The van der Waals surface area contributed by atoms with E-state index >= 15 is 0 Å². The van der Waals surface area contributed by atoms with E-state index in [-0.39, 0.29) is 5.91 Å². The van der Waals surface area contributed by atoms with Crippen LogP contribution in [0.25, 0.3) is 0 Å². The molecular weight excluding hydrogens is 270 g/mol. The molecule has 0 bridgehead atoms. The average Bonchev–Trinajstić information content (AvgIpc) is 2.26. The number of halogens is 1. The topological polar surface area (TPSA) is 38.3 Å². The molecule has 0 unspecified atom stereocenters. The monoisotopic (exact) mass is 281 g/mol. The van der Waals surface area contributed by atoms with Crippen LogP contribution >= 0.6 is 15.9 Å². The first-order valence-corrected chi connectivity index (χ1v) is 5.49. The van der Waals surface area contributed by atoms with Crippen molar-refractivity contribution in [3.05, 3.63) is 28.2 Å². The van der Waals surface area contributed by atoms with E-state index < -0.39 is 0 Å². The van der Waals surface area contributed by atoms with Crippen LogP contribution in [0, 0.1) is 11.8 Å². The average molecular weight is 282 g/mol. The van der Waals surface area contributed by atoms with Crippen molar-refractivity contribution >= 4 is 21.8 Å². The summed E-state index contributed by atoms with van der Waals surface area (Å²) in [4.78, 5) is 10.6. The van der Waals surface area contributed by atoms with Crippen LogP contribution < -0.4 is 10.1 Å². The Morgan fingerprint density at radius 3 is 2.94 bits per heavy atom. The van der Waals surface area contributed by atoms with E-state index in [9.17, 15) is 4.79 Å². The van der Waals surface area contributed by atoms with Crippen LogP contribution in [0.15, 0.2) is 22.7 Å². The first-order valence-electron chi connectivity index (χ1n) is 4.70. The number of carbonyl (C=O) groups is 1. The molecule has 1 aromatic carbocycles. The molecule has 4 heteroatoms. The molecule has 1 rings (SSSR count). The van der Waals surface area contributed by atoms with Gasteiger partial charge in [0.1, 0.15) is 5.75 Å². The number of benzene rings is 1. The van der Waals surface area contributed by atoms with Crippen LogP contribution in [-0.4, -0.2) is 19.6 Å². The predicted octanol–water partition coefficient (Wildman–Crippen LogP) is 1.95. The normalized spacial score (nSPS) is 8.94. The SMILES string of the molecule is COc1cc(C#CCNC(C)=O)ccc1Br. The molecule has 84 valence electrons. The highest BCUT2D eigenvalue weighted by atomic mass is 79.9. The van der Waals surface area contributed by atoms with Crippen molar-refractivity contribution in [2.45, 2.75) is 6.92 Å². The highest BCUT2D eigenvalue weighted by molar-refractivity contribution is 9.10. The van der Waals surface area contributed by atoms with Gasteiger partial charge in [0.05, 0.1) is 18.1 Å². The summed E-state index contributed by atoms with van der Waals surface area (Å²) in [6, 6.07) is 5.60. The Bertz CT molecular complexity index is 446. The van der Waals surface area contributed by atoms with Crippen molar-refractivity contribution in [1.82, 2.24) is 5.32 Å². The highest BCUT2D eigenvalue weighted by Crippen LogP contribution is 2.24. The van der Waals surface area contributed by atoms with Crippen LogP contribution in [0.2, 0.25) is 0 Å². The van der Waals surface area contributed by atoms with Crippen LogP contribution in [0.3, 0.4) is 0 Å². The number of carbonyl (C=O) groups excluding carboxylic acids is 1. The smallest absolute Gasteiger partial charge is 0.217 e. The lowest BCUT2D eigenvalue weighted by Gasteiger charge is -2.02. The maximum atomic E-state index is 10.6. The number of nitrogens with one attached hydrogen (secondary N) is 1. The van der Waals surface area contributed by atoms with Crippen molar-refractivity contribution in [3.8, 4) is 17.6 Å². The number of hydrogen-bond acceptors (Lipinski definition) is 2. The van der Waals surface area contributed by atoms with Gasteiger partial charge >= 0.3 is 0 Å². The quantitative estimate of drug-likeness (QED) is 0.842. The first kappa shape index (κ1) is 12.6. The second kappa shape index (κ2) is 6.19. The molecule has 0 saturated carbocycles. The van der Waals surface area contributed by atoms with Crippen LogP contribution in [0.5, 0.6) is 5.75 Å². The minimum atomic E-state index is -0.0808. The van der Waals surface area contributed by atoms with Crippen LogP contribution in [0.4, 0.5) is 0 Å². The summed E-state index contributed by atoms with van der Waals surface area (Å²) in [6.07, 6.45) is 0. The Balaban J connectivity index is 2.70. The van der Waals surface area contributed by atoms with E-state index in [0.717, 1.165) is 15.8 Å². The number of rotatable bonds is 2. The summed E-state index contributed by atoms with van der Waals surface area (Å²) in [5.41, 5.74) is 0.852. The highest BCUT2D eigenvalue weighted by Gasteiger charge is 1.98. The molecule has 0 aliphatic rings. The van der Waals surface area contributed by atoms with Gasteiger partial charge in [0, 0.05) is 12.5 Å². The molecule has 3 nitrogen and oxygen atoms in total. The molecule has 0 fully saturated rings. The van der Waals surface area contributed by atoms with Gasteiger partial charge in [-0.2, -0.15) is 0 Å². The van der Waals surface area contributed by atoms with Gasteiger partial charge in [-0.3, -0.25) is 4.79 Å². The first-order chi connectivity index (χ1) is 7.63. The van der Waals surface area contributed by atoms with E-state index in [1.54, 1.807) is 7.11 Å². The molecule has 16 heavy (non-hydrogen) atoms.